The molecule has 0 spiro atoms. The molecule has 2 heterocycles. The summed E-state index contributed by atoms with van der Waals surface area (Å²) in [5.74, 6) is 2.73. The van der Waals surface area contributed by atoms with Gasteiger partial charge in [-0.15, -0.1) is 10.2 Å². The summed E-state index contributed by atoms with van der Waals surface area (Å²) >= 11 is 1.74. The number of hydrogen-bond donors (Lipinski definition) is 1. The quantitative estimate of drug-likeness (QED) is 0.802. The van der Waals surface area contributed by atoms with Gasteiger partial charge in [-0.25, -0.2) is 0 Å². The van der Waals surface area contributed by atoms with Crippen LogP contribution >= 0.6 is 11.8 Å². The molecule has 0 radical (unpaired) electrons. The molecule has 1 aromatic heterocycles. The molecule has 3 fully saturated rings. The van der Waals surface area contributed by atoms with Crippen LogP contribution in [0.25, 0.3) is 0 Å². The van der Waals surface area contributed by atoms with Gasteiger partial charge in [-0.05, 0) is 25.7 Å². The molecule has 5 nitrogen and oxygen atoms in total. The first-order valence-electron chi connectivity index (χ1n) is 7.07. The monoisotopic (exact) mass is 281 g/mol. The summed E-state index contributed by atoms with van der Waals surface area (Å²) in [7, 11) is 0. The van der Waals surface area contributed by atoms with Crippen LogP contribution in [0.5, 0.6) is 0 Å². The second-order valence-corrected chi connectivity index (χ2v) is 7.10. The predicted octanol–water partition coefficient (Wildman–Crippen LogP) is 1.59. The Kier molecular flexibility index (Phi) is 2.86. The van der Waals surface area contributed by atoms with Gasteiger partial charge in [0.25, 0.3) is 0 Å². The van der Waals surface area contributed by atoms with Crippen molar-refractivity contribution in [2.24, 2.45) is 5.41 Å². The van der Waals surface area contributed by atoms with Crippen molar-refractivity contribution < 1.29 is 9.84 Å². The van der Waals surface area contributed by atoms with Gasteiger partial charge in [0.2, 0.25) is 0 Å². The van der Waals surface area contributed by atoms with E-state index in [-0.39, 0.29) is 12.0 Å². The van der Waals surface area contributed by atoms with Crippen LogP contribution in [0.2, 0.25) is 0 Å². The normalized spacial score (nSPS) is 25.3. The second kappa shape index (κ2) is 4.46. The maximum absolute atomic E-state index is 9.47. The lowest BCUT2D eigenvalue weighted by Crippen LogP contribution is -2.47. The summed E-state index contributed by atoms with van der Waals surface area (Å²) in [4.78, 5) is 0. The van der Waals surface area contributed by atoms with Crippen LogP contribution in [0.4, 0.5) is 0 Å². The van der Waals surface area contributed by atoms with Crippen molar-refractivity contribution in [3.63, 3.8) is 0 Å². The molecule has 104 valence electrons. The lowest BCUT2D eigenvalue weighted by atomic mass is 9.90. The summed E-state index contributed by atoms with van der Waals surface area (Å²) < 4.78 is 7.61. The second-order valence-electron chi connectivity index (χ2n) is 6.16. The third-order valence-electron chi connectivity index (χ3n) is 4.20. The van der Waals surface area contributed by atoms with Crippen LogP contribution in [-0.4, -0.2) is 45.4 Å². The van der Waals surface area contributed by atoms with Crippen molar-refractivity contribution in [3.8, 4) is 0 Å². The van der Waals surface area contributed by atoms with Gasteiger partial charge < -0.3 is 14.4 Å². The van der Waals surface area contributed by atoms with Crippen molar-refractivity contribution >= 4 is 11.8 Å². The van der Waals surface area contributed by atoms with Gasteiger partial charge in [-0.2, -0.15) is 0 Å². The number of nitrogens with zero attached hydrogens (tertiary/aromatic N) is 3. The highest BCUT2D eigenvalue weighted by Gasteiger charge is 2.40. The molecule has 0 atom stereocenters. The molecule has 19 heavy (non-hydrogen) atoms. The van der Waals surface area contributed by atoms with Crippen LogP contribution in [0.1, 0.15) is 43.5 Å². The Morgan fingerprint density at radius 2 is 2.05 bits per heavy atom. The molecule has 1 aromatic rings. The lowest BCUT2D eigenvalue weighted by Gasteiger charge is -2.39. The zero-order chi connectivity index (χ0) is 12.9. The Bertz CT molecular complexity index is 473. The Hall–Kier alpha value is -0.590. The van der Waals surface area contributed by atoms with E-state index in [1.165, 1.54) is 31.5 Å². The molecule has 2 aliphatic carbocycles. The largest absolute Gasteiger partial charge is 0.396 e. The van der Waals surface area contributed by atoms with E-state index in [0.29, 0.717) is 25.2 Å². The lowest BCUT2D eigenvalue weighted by molar-refractivity contribution is -0.121. The Labute approximate surface area is 116 Å². The molecule has 3 aliphatic rings. The molecule has 0 amide bonds. The van der Waals surface area contributed by atoms with Crippen LogP contribution in [0.3, 0.4) is 0 Å². The van der Waals surface area contributed by atoms with Gasteiger partial charge in [-0.3, -0.25) is 0 Å². The molecule has 1 N–H and O–H groups in total. The third kappa shape index (κ3) is 2.19. The average Bonchev–Trinajstić information content (AvgIpc) is 3.28. The average molecular weight is 281 g/mol. The molecule has 1 aliphatic heterocycles. The number of hydrogen-bond acceptors (Lipinski definition) is 5. The van der Waals surface area contributed by atoms with Gasteiger partial charge in [0.15, 0.2) is 5.16 Å². The number of aliphatic hydroxyl groups is 1. The fraction of sp³-hybridized carbons (Fsp3) is 0.846. The maximum atomic E-state index is 9.47. The first kappa shape index (κ1) is 12.2. The summed E-state index contributed by atoms with van der Waals surface area (Å²) in [6.45, 7) is 1.54. The summed E-state index contributed by atoms with van der Waals surface area (Å²) in [6.07, 6.45) is 5.06. The van der Waals surface area contributed by atoms with Crippen molar-refractivity contribution in [1.29, 1.82) is 0 Å². The SMILES string of the molecule is OCC1(CSc2nnc(C3CC3)n2C2CC2)COC1. The van der Waals surface area contributed by atoms with E-state index in [2.05, 4.69) is 14.8 Å². The number of aromatic nitrogens is 3. The van der Waals surface area contributed by atoms with Gasteiger partial charge in [0.1, 0.15) is 5.82 Å². The van der Waals surface area contributed by atoms with Gasteiger partial charge in [-0.1, -0.05) is 11.8 Å². The van der Waals surface area contributed by atoms with Gasteiger partial charge in [0, 0.05) is 23.1 Å². The van der Waals surface area contributed by atoms with Crippen molar-refractivity contribution in [1.82, 2.24) is 14.8 Å². The Balaban J connectivity index is 1.51. The summed E-state index contributed by atoms with van der Waals surface area (Å²) in [5.41, 5.74) is -0.0509. The third-order valence-corrected chi connectivity index (χ3v) is 5.50. The zero-order valence-corrected chi connectivity index (χ0v) is 11.7. The maximum Gasteiger partial charge on any atom is 0.191 e. The Morgan fingerprint density at radius 1 is 1.26 bits per heavy atom. The molecule has 0 unspecified atom stereocenters. The van der Waals surface area contributed by atoms with E-state index >= 15 is 0 Å². The fourth-order valence-electron chi connectivity index (χ4n) is 2.51. The first-order chi connectivity index (χ1) is 9.31. The minimum absolute atomic E-state index is 0.0509. The van der Waals surface area contributed by atoms with Crippen molar-refractivity contribution in [2.45, 2.75) is 42.8 Å². The molecular formula is C13H19N3O2S. The van der Waals surface area contributed by atoms with E-state index in [4.69, 9.17) is 4.74 Å². The van der Waals surface area contributed by atoms with E-state index in [1.54, 1.807) is 11.8 Å². The fourth-order valence-corrected chi connectivity index (χ4v) is 3.68. The standard InChI is InChI=1S/C13H19N3O2S/c17-5-13(6-18-7-13)8-19-12-15-14-11(9-1-2-9)16(12)10-3-4-10/h9-10,17H,1-8H2. The summed E-state index contributed by atoms with van der Waals surface area (Å²) in [6, 6.07) is 0.635. The molecular weight excluding hydrogens is 262 g/mol. The molecule has 2 saturated carbocycles. The number of thioether (sulfide) groups is 1. The smallest absolute Gasteiger partial charge is 0.191 e. The molecule has 6 heteroatoms. The highest BCUT2D eigenvalue weighted by Crippen LogP contribution is 2.46. The van der Waals surface area contributed by atoms with E-state index < -0.39 is 0 Å². The van der Waals surface area contributed by atoms with Crippen LogP contribution < -0.4 is 0 Å². The molecule has 1 saturated heterocycles. The number of aliphatic hydroxyl groups excluding tert-OH is 1. The minimum Gasteiger partial charge on any atom is -0.396 e. The highest BCUT2D eigenvalue weighted by atomic mass is 32.2. The summed E-state index contributed by atoms with van der Waals surface area (Å²) in [5, 5.41) is 19.3. The van der Waals surface area contributed by atoms with Crippen LogP contribution in [0, 0.1) is 5.41 Å². The minimum atomic E-state index is -0.0509. The zero-order valence-electron chi connectivity index (χ0n) is 10.9. The predicted molar refractivity (Wildman–Crippen MR) is 71.3 cm³/mol. The molecule has 0 aromatic carbocycles. The topological polar surface area (TPSA) is 60.2 Å². The Morgan fingerprint density at radius 3 is 2.58 bits per heavy atom. The van der Waals surface area contributed by atoms with Crippen LogP contribution in [-0.2, 0) is 4.74 Å². The van der Waals surface area contributed by atoms with Crippen LogP contribution in [0.15, 0.2) is 5.16 Å². The van der Waals surface area contributed by atoms with E-state index in [9.17, 15) is 5.11 Å². The number of rotatable bonds is 6. The molecule has 4 rings (SSSR count). The molecule has 0 bridgehead atoms. The highest BCUT2D eigenvalue weighted by molar-refractivity contribution is 7.99. The first-order valence-corrected chi connectivity index (χ1v) is 8.06. The van der Waals surface area contributed by atoms with Gasteiger partial charge >= 0.3 is 0 Å². The van der Waals surface area contributed by atoms with E-state index in [1.807, 2.05) is 0 Å². The van der Waals surface area contributed by atoms with Crippen molar-refractivity contribution in [2.75, 3.05) is 25.6 Å². The van der Waals surface area contributed by atoms with Gasteiger partial charge in [0.05, 0.1) is 19.8 Å². The number of ether oxygens (including phenoxy) is 1. The van der Waals surface area contributed by atoms with Crippen molar-refractivity contribution in [3.05, 3.63) is 5.82 Å². The van der Waals surface area contributed by atoms with E-state index in [0.717, 1.165) is 10.9 Å².